The quantitative estimate of drug-likeness (QED) is 0.712. The van der Waals surface area contributed by atoms with Crippen molar-refractivity contribution >= 4 is 11.6 Å². The van der Waals surface area contributed by atoms with E-state index in [1.165, 1.54) is 0 Å². The molecule has 0 saturated carbocycles. The lowest BCUT2D eigenvalue weighted by Crippen LogP contribution is -2.37. The second-order valence-corrected chi connectivity index (χ2v) is 8.37. The first kappa shape index (κ1) is 17.7. The van der Waals surface area contributed by atoms with Crippen LogP contribution in [0, 0.1) is 5.92 Å². The summed E-state index contributed by atoms with van der Waals surface area (Å²) in [6.07, 6.45) is 5.75. The Morgan fingerprint density at radius 3 is 2.63 bits per heavy atom. The molecule has 0 amide bonds. The lowest BCUT2D eigenvalue weighted by atomic mass is 9.92. The highest BCUT2D eigenvalue weighted by Crippen LogP contribution is 2.23. The van der Waals surface area contributed by atoms with Crippen LogP contribution in [0.5, 0.6) is 0 Å². The number of hydrogen-bond donors (Lipinski definition) is 0. The van der Waals surface area contributed by atoms with E-state index in [9.17, 15) is 4.79 Å². The topological polar surface area (TPSA) is 68.3 Å². The zero-order chi connectivity index (χ0) is 19.0. The molecule has 0 bridgehead atoms. The highest BCUT2D eigenvalue weighted by Gasteiger charge is 2.23. The number of anilines is 1. The highest BCUT2D eigenvalue weighted by atomic mass is 16.1. The van der Waals surface area contributed by atoms with E-state index < -0.39 is 0 Å². The van der Waals surface area contributed by atoms with Gasteiger partial charge in [-0.2, -0.15) is 0 Å². The van der Waals surface area contributed by atoms with Crippen LogP contribution in [0.2, 0.25) is 0 Å². The van der Waals surface area contributed by atoms with Gasteiger partial charge in [-0.3, -0.25) is 13.8 Å². The van der Waals surface area contributed by atoms with Crippen LogP contribution < -0.4 is 10.5 Å². The van der Waals surface area contributed by atoms with Gasteiger partial charge in [-0.1, -0.05) is 26.8 Å². The predicted molar refractivity (Wildman–Crippen MR) is 105 cm³/mol. The van der Waals surface area contributed by atoms with Crippen molar-refractivity contribution in [3.8, 4) is 0 Å². The number of pyridine rings is 1. The average molecular weight is 366 g/mol. The first-order chi connectivity index (χ1) is 12.9. The number of hydrogen-bond acceptors (Lipinski definition) is 5. The van der Waals surface area contributed by atoms with E-state index in [2.05, 4.69) is 40.9 Å². The van der Waals surface area contributed by atoms with E-state index in [1.54, 1.807) is 17.0 Å². The minimum absolute atomic E-state index is 0.0424. The first-order valence-electron chi connectivity index (χ1n) is 9.53. The smallest absolute Gasteiger partial charge is 0.253 e. The molecule has 0 aromatic carbocycles. The Morgan fingerprint density at radius 1 is 1.15 bits per heavy atom. The van der Waals surface area contributed by atoms with E-state index >= 15 is 0 Å². The summed E-state index contributed by atoms with van der Waals surface area (Å²) >= 11 is 0. The van der Waals surface area contributed by atoms with Crippen molar-refractivity contribution in [3.63, 3.8) is 0 Å². The normalized spacial score (nSPS) is 16.2. The van der Waals surface area contributed by atoms with Crippen molar-refractivity contribution in [1.82, 2.24) is 24.1 Å². The minimum atomic E-state index is -0.107. The number of fused-ring (bicyclic) bond motifs is 1. The molecule has 4 heterocycles. The van der Waals surface area contributed by atoms with Crippen molar-refractivity contribution in [3.05, 3.63) is 52.8 Å². The standard InChI is InChI=1S/C20H26N6O/c1-20(2,3)16-12-18(27)25(14-21-16)13-15-7-10-24(11-8-15)19-23-22-17-6-4-5-9-26(17)19/h4-6,9,12,14-15H,7-8,10-11,13H2,1-3H3. The third kappa shape index (κ3) is 3.59. The van der Waals surface area contributed by atoms with Crippen molar-refractivity contribution in [2.75, 3.05) is 18.0 Å². The van der Waals surface area contributed by atoms with Crippen LogP contribution in [0.25, 0.3) is 5.65 Å². The van der Waals surface area contributed by atoms with Crippen molar-refractivity contribution in [2.45, 2.75) is 45.6 Å². The van der Waals surface area contributed by atoms with Gasteiger partial charge in [0.25, 0.3) is 5.56 Å². The molecule has 0 spiro atoms. The van der Waals surface area contributed by atoms with Crippen LogP contribution >= 0.6 is 0 Å². The molecule has 1 saturated heterocycles. The third-order valence-electron chi connectivity index (χ3n) is 5.30. The number of rotatable bonds is 3. The molecule has 1 aliphatic heterocycles. The summed E-state index contributed by atoms with van der Waals surface area (Å²) in [5, 5.41) is 8.59. The summed E-state index contributed by atoms with van der Waals surface area (Å²) in [6, 6.07) is 7.60. The second kappa shape index (κ2) is 6.79. The first-order valence-corrected chi connectivity index (χ1v) is 9.53. The summed E-state index contributed by atoms with van der Waals surface area (Å²) < 4.78 is 3.78. The lowest BCUT2D eigenvalue weighted by Gasteiger charge is -2.32. The fourth-order valence-corrected chi connectivity index (χ4v) is 3.61. The summed E-state index contributed by atoms with van der Waals surface area (Å²) in [4.78, 5) is 19.2. The van der Waals surface area contributed by atoms with Gasteiger partial charge in [-0.15, -0.1) is 10.2 Å². The molecule has 142 valence electrons. The van der Waals surface area contributed by atoms with Crippen molar-refractivity contribution in [2.24, 2.45) is 5.92 Å². The number of piperidine rings is 1. The number of aromatic nitrogens is 5. The molecule has 1 aliphatic rings. The summed E-state index contributed by atoms with van der Waals surface area (Å²) in [5.41, 5.74) is 1.65. The van der Waals surface area contributed by atoms with Gasteiger partial charge in [0, 0.05) is 37.3 Å². The third-order valence-corrected chi connectivity index (χ3v) is 5.30. The van der Waals surface area contributed by atoms with Crippen molar-refractivity contribution < 1.29 is 0 Å². The summed E-state index contributed by atoms with van der Waals surface area (Å²) in [6.45, 7) is 8.78. The Balaban J connectivity index is 1.42. The second-order valence-electron chi connectivity index (χ2n) is 8.37. The molecule has 3 aromatic rings. The monoisotopic (exact) mass is 366 g/mol. The molecule has 0 aliphatic carbocycles. The molecule has 0 N–H and O–H groups in total. The average Bonchev–Trinajstić information content (AvgIpc) is 3.07. The van der Waals surface area contributed by atoms with E-state index in [1.807, 2.05) is 28.8 Å². The maximum atomic E-state index is 12.4. The van der Waals surface area contributed by atoms with Crippen LogP contribution in [-0.4, -0.2) is 37.2 Å². The van der Waals surface area contributed by atoms with Gasteiger partial charge in [-0.25, -0.2) is 4.98 Å². The lowest BCUT2D eigenvalue weighted by molar-refractivity contribution is 0.348. The molecular weight excluding hydrogens is 340 g/mol. The minimum Gasteiger partial charge on any atom is -0.341 e. The summed E-state index contributed by atoms with van der Waals surface area (Å²) in [5.74, 6) is 1.37. The van der Waals surface area contributed by atoms with Crippen LogP contribution in [0.1, 0.15) is 39.3 Å². The van der Waals surface area contributed by atoms with Crippen LogP contribution in [-0.2, 0) is 12.0 Å². The van der Waals surface area contributed by atoms with Gasteiger partial charge in [-0.05, 0) is 30.9 Å². The molecule has 0 radical (unpaired) electrons. The van der Waals surface area contributed by atoms with Crippen LogP contribution in [0.3, 0.4) is 0 Å². The Bertz CT molecular complexity index is 991. The largest absolute Gasteiger partial charge is 0.341 e. The number of nitrogens with zero attached hydrogens (tertiary/aromatic N) is 6. The van der Waals surface area contributed by atoms with Gasteiger partial charge in [0.2, 0.25) is 5.95 Å². The molecule has 7 heteroatoms. The molecule has 4 rings (SSSR count). The molecule has 1 fully saturated rings. The van der Waals surface area contributed by atoms with E-state index in [4.69, 9.17) is 0 Å². The molecule has 0 atom stereocenters. The van der Waals surface area contributed by atoms with Crippen molar-refractivity contribution in [1.29, 1.82) is 0 Å². The van der Waals surface area contributed by atoms with Gasteiger partial charge in [0.05, 0.1) is 12.0 Å². The van der Waals surface area contributed by atoms with E-state index in [-0.39, 0.29) is 11.0 Å². The Kier molecular flexibility index (Phi) is 4.45. The molecule has 0 unspecified atom stereocenters. The maximum absolute atomic E-state index is 12.4. The Hall–Kier alpha value is -2.70. The Labute approximate surface area is 158 Å². The van der Waals surface area contributed by atoms with E-state index in [0.717, 1.165) is 49.8 Å². The van der Waals surface area contributed by atoms with Gasteiger partial charge in [0.15, 0.2) is 5.65 Å². The fraction of sp³-hybridized carbons (Fsp3) is 0.500. The van der Waals surface area contributed by atoms with Crippen LogP contribution in [0.15, 0.2) is 41.6 Å². The van der Waals surface area contributed by atoms with Gasteiger partial charge in [0.1, 0.15) is 0 Å². The summed E-state index contributed by atoms with van der Waals surface area (Å²) in [7, 11) is 0. The Morgan fingerprint density at radius 2 is 1.93 bits per heavy atom. The van der Waals surface area contributed by atoms with E-state index in [0.29, 0.717) is 5.92 Å². The fourth-order valence-electron chi connectivity index (χ4n) is 3.61. The predicted octanol–water partition coefficient (Wildman–Crippen LogP) is 2.50. The molecule has 3 aromatic heterocycles. The zero-order valence-corrected chi connectivity index (χ0v) is 16.2. The van der Waals surface area contributed by atoms with Gasteiger partial charge < -0.3 is 4.90 Å². The highest BCUT2D eigenvalue weighted by molar-refractivity contribution is 5.46. The SMILES string of the molecule is CC(C)(C)c1cc(=O)n(CC2CCN(c3nnc4ccccn34)CC2)cn1. The molecular formula is C20H26N6O. The molecule has 27 heavy (non-hydrogen) atoms. The maximum Gasteiger partial charge on any atom is 0.253 e. The van der Waals surface area contributed by atoms with Gasteiger partial charge >= 0.3 is 0 Å². The van der Waals surface area contributed by atoms with Crippen LogP contribution in [0.4, 0.5) is 5.95 Å². The zero-order valence-electron chi connectivity index (χ0n) is 16.2. The molecule has 7 nitrogen and oxygen atoms in total.